The Balaban J connectivity index is 1.99. The summed E-state index contributed by atoms with van der Waals surface area (Å²) in [7, 11) is 0. The highest BCUT2D eigenvalue weighted by molar-refractivity contribution is 8.00. The third kappa shape index (κ3) is 3.07. The fraction of sp³-hybridized carbons (Fsp3) is 0.500. The lowest BCUT2D eigenvalue weighted by atomic mass is 10.0. The Morgan fingerprint density at radius 3 is 2.81 bits per heavy atom. The first-order chi connectivity index (χ1) is 7.66. The van der Waals surface area contributed by atoms with Crippen molar-refractivity contribution in [2.24, 2.45) is 0 Å². The molecule has 1 aromatic rings. The minimum Gasteiger partial charge on any atom is -0.392 e. The van der Waals surface area contributed by atoms with Crippen LogP contribution in [0.2, 0.25) is 10.0 Å². The quantitative estimate of drug-likeness (QED) is 0.907. The van der Waals surface area contributed by atoms with Crippen LogP contribution < -0.4 is 0 Å². The lowest BCUT2D eigenvalue weighted by Crippen LogP contribution is -2.23. The van der Waals surface area contributed by atoms with E-state index in [9.17, 15) is 5.11 Å². The molecule has 1 aliphatic heterocycles. The number of halogens is 2. The number of aliphatic hydroxyl groups excluding tert-OH is 1. The summed E-state index contributed by atoms with van der Waals surface area (Å²) in [5.74, 6) is 1.17. The molecule has 0 radical (unpaired) electrons. The van der Waals surface area contributed by atoms with Crippen LogP contribution in [0.25, 0.3) is 0 Å². The highest BCUT2D eigenvalue weighted by Gasteiger charge is 2.23. The highest BCUT2D eigenvalue weighted by atomic mass is 35.5. The van der Waals surface area contributed by atoms with Gasteiger partial charge in [-0.05, 0) is 42.7 Å². The second-order valence-corrected chi connectivity index (χ2v) is 6.23. The van der Waals surface area contributed by atoms with Crippen LogP contribution in [0.5, 0.6) is 0 Å². The molecule has 88 valence electrons. The molecule has 4 heteroatoms. The number of hydrogen-bond donors (Lipinski definition) is 1. The molecule has 1 saturated heterocycles. The van der Waals surface area contributed by atoms with Gasteiger partial charge in [-0.3, -0.25) is 0 Å². The molecule has 0 amide bonds. The first kappa shape index (κ1) is 12.6. The second-order valence-electron chi connectivity index (χ2n) is 4.07. The van der Waals surface area contributed by atoms with Crippen LogP contribution in [0.1, 0.15) is 18.4 Å². The van der Waals surface area contributed by atoms with Crippen LogP contribution in [-0.2, 0) is 6.42 Å². The van der Waals surface area contributed by atoms with Gasteiger partial charge in [-0.1, -0.05) is 29.3 Å². The Kier molecular flexibility index (Phi) is 4.42. The Labute approximate surface area is 110 Å². The highest BCUT2D eigenvalue weighted by Crippen LogP contribution is 2.31. The van der Waals surface area contributed by atoms with Crippen LogP contribution in [0.15, 0.2) is 18.2 Å². The standard InChI is InChI=1S/C12H14Cl2OS/c13-9-4-3-8(6-10(9)14)7-11(15)12-2-1-5-16-12/h3-4,6,11-12,15H,1-2,5,7H2. The third-order valence-corrected chi connectivity index (χ3v) is 5.06. The Morgan fingerprint density at radius 1 is 1.38 bits per heavy atom. The molecule has 2 unspecified atom stereocenters. The van der Waals surface area contributed by atoms with E-state index in [4.69, 9.17) is 23.2 Å². The van der Waals surface area contributed by atoms with E-state index in [1.54, 1.807) is 6.07 Å². The van der Waals surface area contributed by atoms with E-state index in [1.807, 2.05) is 23.9 Å². The zero-order valence-electron chi connectivity index (χ0n) is 8.83. The molecule has 2 atom stereocenters. The molecule has 0 aliphatic carbocycles. The molecule has 0 aromatic heterocycles. The molecule has 1 N–H and O–H groups in total. The molecule has 1 heterocycles. The summed E-state index contributed by atoms with van der Waals surface area (Å²) in [5.41, 5.74) is 1.05. The van der Waals surface area contributed by atoms with Crippen molar-refractivity contribution >= 4 is 35.0 Å². The van der Waals surface area contributed by atoms with Gasteiger partial charge in [-0.15, -0.1) is 0 Å². The van der Waals surface area contributed by atoms with Gasteiger partial charge in [0.1, 0.15) is 0 Å². The molecule has 1 fully saturated rings. The maximum atomic E-state index is 10.1. The molecule has 0 spiro atoms. The topological polar surface area (TPSA) is 20.2 Å². The van der Waals surface area contributed by atoms with Gasteiger partial charge in [-0.2, -0.15) is 11.8 Å². The number of aliphatic hydroxyl groups is 1. The number of hydrogen-bond acceptors (Lipinski definition) is 2. The Bertz CT molecular complexity index is 364. The number of rotatable bonds is 3. The average molecular weight is 277 g/mol. The van der Waals surface area contributed by atoms with Gasteiger partial charge >= 0.3 is 0 Å². The van der Waals surface area contributed by atoms with Crippen molar-refractivity contribution in [3.8, 4) is 0 Å². The Hall–Kier alpha value is 0.110. The number of benzene rings is 1. The largest absolute Gasteiger partial charge is 0.392 e. The van der Waals surface area contributed by atoms with Crippen molar-refractivity contribution in [2.45, 2.75) is 30.6 Å². The van der Waals surface area contributed by atoms with E-state index < -0.39 is 0 Å². The van der Waals surface area contributed by atoms with Crippen molar-refractivity contribution < 1.29 is 5.11 Å². The SMILES string of the molecule is OC(Cc1ccc(Cl)c(Cl)c1)C1CCCS1. The molecular formula is C12H14Cl2OS. The summed E-state index contributed by atoms with van der Waals surface area (Å²) in [4.78, 5) is 0. The van der Waals surface area contributed by atoms with Gasteiger partial charge < -0.3 is 5.11 Å². The average Bonchev–Trinajstić information content (AvgIpc) is 2.77. The minimum absolute atomic E-state index is 0.273. The summed E-state index contributed by atoms with van der Waals surface area (Å²) in [6.45, 7) is 0. The van der Waals surface area contributed by atoms with Crippen molar-refractivity contribution in [1.29, 1.82) is 0 Å². The van der Waals surface area contributed by atoms with Gasteiger partial charge in [0.2, 0.25) is 0 Å². The fourth-order valence-corrected chi connectivity index (χ4v) is 3.55. The maximum Gasteiger partial charge on any atom is 0.0699 e. The van der Waals surface area contributed by atoms with Gasteiger partial charge in [0.05, 0.1) is 16.1 Å². The molecule has 1 aliphatic rings. The van der Waals surface area contributed by atoms with Crippen LogP contribution >= 0.6 is 35.0 Å². The van der Waals surface area contributed by atoms with E-state index in [0.717, 1.165) is 12.0 Å². The smallest absolute Gasteiger partial charge is 0.0699 e. The monoisotopic (exact) mass is 276 g/mol. The predicted molar refractivity (Wildman–Crippen MR) is 71.7 cm³/mol. The first-order valence-corrected chi connectivity index (χ1v) is 7.21. The molecule has 0 saturated carbocycles. The fourth-order valence-electron chi connectivity index (χ4n) is 1.95. The molecule has 1 aromatic carbocycles. The van der Waals surface area contributed by atoms with Crippen molar-refractivity contribution in [2.75, 3.05) is 5.75 Å². The van der Waals surface area contributed by atoms with Crippen molar-refractivity contribution in [3.05, 3.63) is 33.8 Å². The summed E-state index contributed by atoms with van der Waals surface area (Å²) < 4.78 is 0. The van der Waals surface area contributed by atoms with Crippen LogP contribution in [0.3, 0.4) is 0 Å². The van der Waals surface area contributed by atoms with Gasteiger partial charge in [0, 0.05) is 5.25 Å². The van der Waals surface area contributed by atoms with Crippen LogP contribution in [-0.4, -0.2) is 22.2 Å². The molecular weight excluding hydrogens is 263 g/mol. The minimum atomic E-state index is -0.273. The molecule has 2 rings (SSSR count). The van der Waals surface area contributed by atoms with Crippen LogP contribution in [0, 0.1) is 0 Å². The van der Waals surface area contributed by atoms with Gasteiger partial charge in [0.25, 0.3) is 0 Å². The van der Waals surface area contributed by atoms with Crippen LogP contribution in [0.4, 0.5) is 0 Å². The molecule has 0 bridgehead atoms. The number of thioether (sulfide) groups is 1. The molecule has 16 heavy (non-hydrogen) atoms. The lowest BCUT2D eigenvalue weighted by molar-refractivity contribution is 0.170. The summed E-state index contributed by atoms with van der Waals surface area (Å²) in [6, 6.07) is 5.55. The van der Waals surface area contributed by atoms with Crippen molar-refractivity contribution in [1.82, 2.24) is 0 Å². The van der Waals surface area contributed by atoms with E-state index in [2.05, 4.69) is 0 Å². The zero-order chi connectivity index (χ0) is 11.5. The normalized spacial score (nSPS) is 22.3. The van der Waals surface area contributed by atoms with E-state index in [1.165, 1.54) is 12.2 Å². The first-order valence-electron chi connectivity index (χ1n) is 5.40. The Morgan fingerprint density at radius 2 is 2.19 bits per heavy atom. The van der Waals surface area contributed by atoms with Gasteiger partial charge in [-0.25, -0.2) is 0 Å². The van der Waals surface area contributed by atoms with E-state index >= 15 is 0 Å². The lowest BCUT2D eigenvalue weighted by Gasteiger charge is -2.17. The second kappa shape index (κ2) is 5.63. The zero-order valence-corrected chi connectivity index (χ0v) is 11.2. The third-order valence-electron chi connectivity index (χ3n) is 2.82. The maximum absolute atomic E-state index is 10.1. The van der Waals surface area contributed by atoms with E-state index in [0.29, 0.717) is 21.7 Å². The predicted octanol–water partition coefficient (Wildman–Crippen LogP) is 3.79. The van der Waals surface area contributed by atoms with Gasteiger partial charge in [0.15, 0.2) is 0 Å². The summed E-state index contributed by atoms with van der Waals surface area (Å²) in [5, 5.41) is 11.6. The van der Waals surface area contributed by atoms with E-state index in [-0.39, 0.29) is 6.10 Å². The molecule has 1 nitrogen and oxygen atoms in total. The summed E-state index contributed by atoms with van der Waals surface area (Å²) >= 11 is 13.7. The summed E-state index contributed by atoms with van der Waals surface area (Å²) in [6.07, 6.45) is 2.72. The van der Waals surface area contributed by atoms with Crippen molar-refractivity contribution in [3.63, 3.8) is 0 Å².